The van der Waals surface area contributed by atoms with E-state index in [4.69, 9.17) is 0 Å². The Balaban J connectivity index is 0.000000820. The fourth-order valence-electron chi connectivity index (χ4n) is 6.30. The lowest BCUT2D eigenvalue weighted by Gasteiger charge is -2.30. The number of nitrogens with zero attached hydrogens (tertiary/aromatic N) is 6. The number of benzene rings is 3. The van der Waals surface area contributed by atoms with Gasteiger partial charge in [0.2, 0.25) is 5.91 Å². The molecule has 53 heavy (non-hydrogen) atoms. The minimum atomic E-state index is -4.67. The maximum atomic E-state index is 14.3. The second kappa shape index (κ2) is 15.7. The monoisotopic (exact) mass is 727 g/mol. The molecule has 1 aliphatic rings. The number of likely N-dealkylation sites (N-methyl/N-ethyl adjacent to an activating group) is 1. The zero-order valence-electron chi connectivity index (χ0n) is 30.0. The van der Waals surface area contributed by atoms with Crippen LogP contribution in [0.5, 0.6) is 0 Å². The van der Waals surface area contributed by atoms with E-state index in [0.29, 0.717) is 54.5 Å². The van der Waals surface area contributed by atoms with Crippen molar-refractivity contribution in [2.24, 2.45) is 7.05 Å². The number of aromatic nitrogens is 4. The normalized spacial score (nSPS) is 13.8. The highest BCUT2D eigenvalue weighted by Crippen LogP contribution is 2.33. The first-order valence-corrected chi connectivity index (χ1v) is 17.1. The molecule has 1 saturated carbocycles. The molecule has 3 aromatic carbocycles. The van der Waals surface area contributed by atoms with Crippen molar-refractivity contribution in [2.45, 2.75) is 37.4 Å². The molecule has 0 saturated heterocycles. The van der Waals surface area contributed by atoms with E-state index in [9.17, 15) is 32.8 Å². The summed E-state index contributed by atoms with van der Waals surface area (Å²) in [7, 11) is 7.45. The van der Waals surface area contributed by atoms with Crippen molar-refractivity contribution >= 4 is 11.8 Å². The van der Waals surface area contributed by atoms with Crippen LogP contribution in [0.15, 0.2) is 102 Å². The minimum absolute atomic E-state index is 0.0744. The molecule has 5 aromatic rings. The van der Waals surface area contributed by atoms with Crippen molar-refractivity contribution in [1.82, 2.24) is 29.8 Å². The molecule has 14 heteroatoms. The molecule has 0 aliphatic heterocycles. The van der Waals surface area contributed by atoms with Gasteiger partial charge in [-0.1, -0.05) is 55.3 Å². The summed E-state index contributed by atoms with van der Waals surface area (Å²) in [6.07, 6.45) is -1.11. The maximum Gasteiger partial charge on any atom is 0.416 e. The zero-order valence-corrected chi connectivity index (χ0v) is 30.0. The van der Waals surface area contributed by atoms with E-state index in [1.807, 2.05) is 63.6 Å². The van der Waals surface area contributed by atoms with Gasteiger partial charge < -0.3 is 15.1 Å². The average Bonchev–Trinajstić information content (AvgIpc) is 3.87. The molecule has 0 bridgehead atoms. The van der Waals surface area contributed by atoms with E-state index in [-0.39, 0.29) is 28.5 Å². The molecule has 11 nitrogen and oxygen atoms in total. The van der Waals surface area contributed by atoms with Crippen molar-refractivity contribution in [2.75, 3.05) is 34.2 Å². The fraction of sp³-hybridized carbons (Fsp3) is 0.308. The molecule has 6 rings (SSSR count). The number of halogens is 3. The van der Waals surface area contributed by atoms with E-state index in [2.05, 4.69) is 15.7 Å². The smallest absolute Gasteiger partial charge is 0.348 e. The quantitative estimate of drug-likeness (QED) is 0.195. The lowest BCUT2D eigenvalue weighted by molar-refractivity contribution is -0.869. The van der Waals surface area contributed by atoms with E-state index in [1.165, 1.54) is 34.7 Å². The Bertz CT molecular complexity index is 2120. The van der Waals surface area contributed by atoms with Crippen LogP contribution in [-0.2, 0) is 18.0 Å². The van der Waals surface area contributed by atoms with Gasteiger partial charge in [0.15, 0.2) is 0 Å². The van der Waals surface area contributed by atoms with Crippen LogP contribution in [0.2, 0.25) is 0 Å². The largest absolute Gasteiger partial charge is 0.416 e. The van der Waals surface area contributed by atoms with E-state index in [0.717, 1.165) is 16.8 Å². The van der Waals surface area contributed by atoms with Crippen LogP contribution in [0.4, 0.5) is 13.2 Å². The third kappa shape index (κ3) is 8.75. The van der Waals surface area contributed by atoms with Crippen LogP contribution in [0.3, 0.4) is 0 Å². The molecule has 276 valence electrons. The van der Waals surface area contributed by atoms with E-state index >= 15 is 0 Å². The van der Waals surface area contributed by atoms with E-state index in [1.54, 1.807) is 30.3 Å². The zero-order chi connectivity index (χ0) is 38.4. The van der Waals surface area contributed by atoms with Crippen molar-refractivity contribution in [1.29, 1.82) is 5.26 Å². The molecular formula is C39H42F3N8O3+. The number of quaternary nitrogens is 1. The first-order chi connectivity index (χ1) is 25.1. The van der Waals surface area contributed by atoms with Gasteiger partial charge in [-0.25, -0.2) is 9.36 Å². The fourth-order valence-corrected chi connectivity index (χ4v) is 6.30. The van der Waals surface area contributed by atoms with Crippen LogP contribution in [0.1, 0.15) is 47.2 Å². The van der Waals surface area contributed by atoms with Gasteiger partial charge in [0.1, 0.15) is 16.8 Å². The average molecular weight is 728 g/mol. The van der Waals surface area contributed by atoms with Gasteiger partial charge in [-0.15, -0.1) is 0 Å². The van der Waals surface area contributed by atoms with Gasteiger partial charge in [-0.2, -0.15) is 23.5 Å². The molecule has 2 aromatic heterocycles. The van der Waals surface area contributed by atoms with Gasteiger partial charge in [-0.3, -0.25) is 19.1 Å². The van der Waals surface area contributed by atoms with Crippen LogP contribution in [0, 0.1) is 11.3 Å². The standard InChI is InChI=1S/C33H35F3N8O3.C6H6/c1-41-28(26-14-17-39-42(26)24-12-10-22(21-37)11-13-24)27(30(46)43(41)25-9-7-8-23(20-25)33(34,35)36)29(45)40-32(15-5-6-16-32)31(47)38-18-19-44(2,3)4;1-2-4-6-5-3-1/h7-14,17,20H,5-6,15-16,18-19H2,1-4H3,(H-,38,40,45,47);1-6H/p+1. The maximum absolute atomic E-state index is 14.3. The van der Waals surface area contributed by atoms with Crippen LogP contribution >= 0.6 is 0 Å². The topological polar surface area (TPSA) is 127 Å². The SMILES string of the molecule is Cn1c(-c2ccnn2-c2ccc(C#N)cc2)c(C(=O)NC2(C(=O)NCC[N+](C)(C)C)CCCC2)c(=O)n1-c1cccc(C(F)(F)F)c1.c1ccccc1. The Labute approximate surface area is 305 Å². The Morgan fingerprint density at radius 1 is 0.925 bits per heavy atom. The number of alkyl halides is 3. The molecule has 2 heterocycles. The number of hydrogen-bond acceptors (Lipinski definition) is 5. The number of hydrogen-bond donors (Lipinski definition) is 2. The van der Waals surface area contributed by atoms with Crippen molar-refractivity contribution in [3.63, 3.8) is 0 Å². The molecule has 1 fully saturated rings. The highest BCUT2D eigenvalue weighted by molar-refractivity contribution is 6.03. The molecule has 1 aliphatic carbocycles. The summed E-state index contributed by atoms with van der Waals surface area (Å²) in [5, 5.41) is 19.4. The molecule has 0 atom stereocenters. The number of rotatable bonds is 9. The number of nitriles is 1. The highest BCUT2D eigenvalue weighted by Gasteiger charge is 2.44. The number of carbonyl (C=O) groups excluding carboxylic acids is 2. The minimum Gasteiger partial charge on any atom is -0.348 e. The van der Waals surface area contributed by atoms with Gasteiger partial charge >= 0.3 is 6.18 Å². The van der Waals surface area contributed by atoms with Crippen molar-refractivity contribution in [3.8, 4) is 28.8 Å². The lowest BCUT2D eigenvalue weighted by Crippen LogP contribution is -2.58. The first-order valence-electron chi connectivity index (χ1n) is 17.1. The number of carbonyl (C=O) groups is 2. The van der Waals surface area contributed by atoms with Crippen molar-refractivity contribution in [3.05, 3.63) is 124 Å². The summed E-state index contributed by atoms with van der Waals surface area (Å²) in [5.41, 5.74) is -2.28. The Kier molecular flexibility index (Phi) is 11.4. The summed E-state index contributed by atoms with van der Waals surface area (Å²) in [6.45, 7) is 1.03. The lowest BCUT2D eigenvalue weighted by atomic mass is 9.95. The Morgan fingerprint density at radius 3 is 2.11 bits per heavy atom. The third-order valence-corrected chi connectivity index (χ3v) is 9.02. The molecule has 0 unspecified atom stereocenters. The summed E-state index contributed by atoms with van der Waals surface area (Å²) < 4.78 is 45.5. The molecule has 0 spiro atoms. The second-order valence-electron chi connectivity index (χ2n) is 13.9. The summed E-state index contributed by atoms with van der Waals surface area (Å²) in [5.74, 6) is -1.18. The molecule has 0 radical (unpaired) electrons. The van der Waals surface area contributed by atoms with Crippen LogP contribution in [-0.4, -0.2) is 75.2 Å². The van der Waals surface area contributed by atoms with Gasteiger partial charge in [-0.05, 0) is 61.4 Å². The van der Waals surface area contributed by atoms with Gasteiger partial charge in [0.05, 0.1) is 74.7 Å². The predicted octanol–water partition coefficient (Wildman–Crippen LogP) is 5.47. The second-order valence-corrected chi connectivity index (χ2v) is 13.9. The van der Waals surface area contributed by atoms with E-state index < -0.39 is 28.7 Å². The van der Waals surface area contributed by atoms with Gasteiger partial charge in [0, 0.05) is 7.05 Å². The van der Waals surface area contributed by atoms with Crippen LogP contribution < -0.4 is 16.2 Å². The Hall–Kier alpha value is -5.94. The molecular weight excluding hydrogens is 685 g/mol. The first kappa shape index (κ1) is 38.3. The number of amides is 2. The summed E-state index contributed by atoms with van der Waals surface area (Å²) in [6, 6.07) is 26.3. The summed E-state index contributed by atoms with van der Waals surface area (Å²) in [4.78, 5) is 42.0. The number of nitrogens with one attached hydrogen (secondary N) is 2. The van der Waals surface area contributed by atoms with Gasteiger partial charge in [0.25, 0.3) is 11.5 Å². The van der Waals surface area contributed by atoms with Crippen LogP contribution in [0.25, 0.3) is 22.8 Å². The Morgan fingerprint density at radius 2 is 1.55 bits per heavy atom. The van der Waals surface area contributed by atoms with Crippen molar-refractivity contribution < 1.29 is 27.2 Å². The molecule has 2 N–H and O–H groups in total. The molecule has 2 amide bonds. The third-order valence-electron chi connectivity index (χ3n) is 9.02. The highest BCUT2D eigenvalue weighted by atomic mass is 19.4. The summed E-state index contributed by atoms with van der Waals surface area (Å²) >= 11 is 0. The predicted molar refractivity (Wildman–Crippen MR) is 194 cm³/mol.